The van der Waals surface area contributed by atoms with E-state index >= 15 is 0 Å². The van der Waals surface area contributed by atoms with Crippen molar-refractivity contribution in [3.63, 3.8) is 0 Å². The van der Waals surface area contributed by atoms with Gasteiger partial charge in [0.15, 0.2) is 10.3 Å². The lowest BCUT2D eigenvalue weighted by molar-refractivity contribution is 0.176. The topological polar surface area (TPSA) is 90.5 Å². The summed E-state index contributed by atoms with van der Waals surface area (Å²) in [6, 6.07) is -0.157. The van der Waals surface area contributed by atoms with Crippen molar-refractivity contribution in [1.29, 1.82) is 0 Å². The summed E-state index contributed by atoms with van der Waals surface area (Å²) >= 11 is 2.84. The van der Waals surface area contributed by atoms with Crippen molar-refractivity contribution in [2.75, 3.05) is 36.8 Å². The van der Waals surface area contributed by atoms with E-state index in [9.17, 15) is 9.59 Å². The van der Waals surface area contributed by atoms with Crippen LogP contribution in [0.4, 0.5) is 19.9 Å². The highest BCUT2D eigenvalue weighted by atomic mass is 32.1. The fourth-order valence-corrected chi connectivity index (χ4v) is 4.35. The first kappa shape index (κ1) is 20.5. The van der Waals surface area contributed by atoms with E-state index in [0.717, 1.165) is 45.3 Å². The molecule has 0 spiro atoms. The Morgan fingerprint density at radius 1 is 1.14 bits per heavy atom. The fraction of sp³-hybridized carbons (Fsp3) is 0.556. The van der Waals surface area contributed by atoms with Gasteiger partial charge in [0, 0.05) is 49.3 Å². The number of nitrogens with zero attached hydrogens (tertiary/aromatic N) is 4. The summed E-state index contributed by atoms with van der Waals surface area (Å²) in [4.78, 5) is 36.4. The minimum absolute atomic E-state index is 0.0654. The van der Waals surface area contributed by atoms with Gasteiger partial charge in [-0.2, -0.15) is 0 Å². The second kappa shape index (κ2) is 10.4. The first-order valence-corrected chi connectivity index (χ1v) is 11.3. The Morgan fingerprint density at radius 2 is 1.79 bits per heavy atom. The molecule has 1 fully saturated rings. The fourth-order valence-electron chi connectivity index (χ4n) is 3.31. The van der Waals surface area contributed by atoms with E-state index in [1.807, 2.05) is 27.5 Å². The van der Waals surface area contributed by atoms with Gasteiger partial charge in [-0.1, -0.05) is 0 Å². The lowest BCUT2D eigenvalue weighted by Crippen LogP contribution is -2.41. The molecule has 0 unspecified atom stereocenters. The van der Waals surface area contributed by atoms with Gasteiger partial charge in [0.25, 0.3) is 0 Å². The smallest absolute Gasteiger partial charge is 0.323 e. The lowest BCUT2D eigenvalue weighted by Gasteiger charge is -2.32. The number of nitrogens with one attached hydrogen (secondary N) is 2. The molecule has 10 heteroatoms. The van der Waals surface area contributed by atoms with Crippen LogP contribution in [-0.2, 0) is 0 Å². The predicted octanol–water partition coefficient (Wildman–Crippen LogP) is 4.18. The molecule has 0 bridgehead atoms. The van der Waals surface area contributed by atoms with Crippen LogP contribution in [0.1, 0.15) is 32.6 Å². The Labute approximate surface area is 173 Å². The number of piperidine rings is 1. The summed E-state index contributed by atoms with van der Waals surface area (Å²) in [5, 5.41) is 10.6. The SMILES string of the molecule is CCN(CCCC1CCN(C(=O)Nc2nccs2)CC1)C(=O)Nc1nccs1. The van der Waals surface area contributed by atoms with Crippen molar-refractivity contribution in [2.24, 2.45) is 5.92 Å². The molecule has 152 valence electrons. The van der Waals surface area contributed by atoms with Gasteiger partial charge in [0.1, 0.15) is 0 Å². The second-order valence-electron chi connectivity index (χ2n) is 6.69. The molecule has 0 aliphatic carbocycles. The van der Waals surface area contributed by atoms with Gasteiger partial charge >= 0.3 is 12.1 Å². The van der Waals surface area contributed by atoms with E-state index in [-0.39, 0.29) is 12.1 Å². The third-order valence-corrected chi connectivity index (χ3v) is 6.28. The molecule has 2 N–H and O–H groups in total. The third kappa shape index (κ3) is 5.90. The first-order valence-electron chi connectivity index (χ1n) is 9.56. The predicted molar refractivity (Wildman–Crippen MR) is 113 cm³/mol. The molecule has 28 heavy (non-hydrogen) atoms. The normalized spacial score (nSPS) is 14.7. The Kier molecular flexibility index (Phi) is 7.61. The number of thiazole rings is 2. The van der Waals surface area contributed by atoms with Gasteiger partial charge in [0.05, 0.1) is 0 Å². The van der Waals surface area contributed by atoms with Crippen molar-refractivity contribution in [2.45, 2.75) is 32.6 Å². The number of carbonyl (C=O) groups excluding carboxylic acids is 2. The minimum atomic E-state index is -0.0915. The molecule has 1 aliphatic heterocycles. The van der Waals surface area contributed by atoms with Crippen molar-refractivity contribution in [1.82, 2.24) is 19.8 Å². The lowest BCUT2D eigenvalue weighted by atomic mass is 9.92. The summed E-state index contributed by atoms with van der Waals surface area (Å²) in [6.45, 7) is 4.93. The summed E-state index contributed by atoms with van der Waals surface area (Å²) in [6.07, 6.45) is 7.41. The maximum absolute atomic E-state index is 12.3. The number of anilines is 2. The summed E-state index contributed by atoms with van der Waals surface area (Å²) in [5.74, 6) is 0.602. The van der Waals surface area contributed by atoms with E-state index in [2.05, 4.69) is 20.6 Å². The standard InChI is InChI=1S/C18H26N6O2S2/c1-2-23(17(25)21-15-19-7-12-27-15)9-3-4-14-5-10-24(11-6-14)18(26)22-16-20-8-13-28-16/h7-8,12-14H,2-6,9-11H2,1H3,(H,19,21,25)(H,20,22,26). The highest BCUT2D eigenvalue weighted by Crippen LogP contribution is 2.23. The molecule has 0 radical (unpaired) electrons. The van der Waals surface area contributed by atoms with Crippen LogP contribution in [-0.4, -0.2) is 58.0 Å². The number of amides is 4. The zero-order chi connectivity index (χ0) is 19.8. The van der Waals surface area contributed by atoms with Gasteiger partial charge < -0.3 is 9.80 Å². The molecule has 1 saturated heterocycles. The molecular formula is C18H26N6O2S2. The van der Waals surface area contributed by atoms with Gasteiger partial charge in [-0.25, -0.2) is 19.6 Å². The van der Waals surface area contributed by atoms with Crippen molar-refractivity contribution < 1.29 is 9.59 Å². The van der Waals surface area contributed by atoms with Crippen LogP contribution >= 0.6 is 22.7 Å². The minimum Gasteiger partial charge on any atom is -0.325 e. The summed E-state index contributed by atoms with van der Waals surface area (Å²) < 4.78 is 0. The van der Waals surface area contributed by atoms with E-state index in [4.69, 9.17) is 0 Å². The number of rotatable bonds is 7. The molecule has 3 rings (SSSR count). The Hall–Kier alpha value is -2.20. The van der Waals surface area contributed by atoms with Crippen LogP contribution in [0.5, 0.6) is 0 Å². The van der Waals surface area contributed by atoms with Crippen molar-refractivity contribution in [3.8, 4) is 0 Å². The molecule has 2 aromatic heterocycles. The maximum Gasteiger partial charge on any atom is 0.323 e. The Balaban J connectivity index is 1.34. The number of hydrogen-bond donors (Lipinski definition) is 2. The van der Waals surface area contributed by atoms with Gasteiger partial charge in [-0.05, 0) is 38.5 Å². The van der Waals surface area contributed by atoms with Crippen LogP contribution in [0.15, 0.2) is 23.2 Å². The van der Waals surface area contributed by atoms with Gasteiger partial charge in [-0.3, -0.25) is 10.6 Å². The van der Waals surface area contributed by atoms with E-state index in [1.165, 1.54) is 22.7 Å². The molecule has 0 aromatic carbocycles. The number of likely N-dealkylation sites (tertiary alicyclic amines) is 1. The molecule has 1 aliphatic rings. The zero-order valence-electron chi connectivity index (χ0n) is 16.0. The van der Waals surface area contributed by atoms with E-state index in [1.54, 1.807) is 12.4 Å². The Bertz CT molecular complexity index is 729. The van der Waals surface area contributed by atoms with Crippen LogP contribution in [0.25, 0.3) is 0 Å². The summed E-state index contributed by atoms with van der Waals surface area (Å²) in [7, 11) is 0. The van der Waals surface area contributed by atoms with Crippen LogP contribution in [0.2, 0.25) is 0 Å². The average Bonchev–Trinajstić information content (AvgIpc) is 3.40. The molecule has 3 heterocycles. The quantitative estimate of drug-likeness (QED) is 0.700. The summed E-state index contributed by atoms with van der Waals surface area (Å²) in [5.41, 5.74) is 0. The Morgan fingerprint density at radius 3 is 2.36 bits per heavy atom. The molecule has 2 aromatic rings. The van der Waals surface area contributed by atoms with E-state index in [0.29, 0.717) is 22.7 Å². The number of urea groups is 2. The van der Waals surface area contributed by atoms with Crippen molar-refractivity contribution >= 4 is 45.0 Å². The first-order chi connectivity index (χ1) is 13.7. The number of carbonyl (C=O) groups is 2. The monoisotopic (exact) mass is 422 g/mol. The molecular weight excluding hydrogens is 396 g/mol. The third-order valence-electron chi connectivity index (χ3n) is 4.90. The highest BCUT2D eigenvalue weighted by molar-refractivity contribution is 7.14. The highest BCUT2D eigenvalue weighted by Gasteiger charge is 2.23. The van der Waals surface area contributed by atoms with Gasteiger partial charge in [0.2, 0.25) is 0 Å². The molecule has 0 atom stereocenters. The van der Waals surface area contributed by atoms with Crippen LogP contribution in [0, 0.1) is 5.92 Å². The maximum atomic E-state index is 12.3. The zero-order valence-corrected chi connectivity index (χ0v) is 17.6. The van der Waals surface area contributed by atoms with Gasteiger partial charge in [-0.15, -0.1) is 22.7 Å². The molecule has 4 amide bonds. The number of hydrogen-bond acceptors (Lipinski definition) is 6. The average molecular weight is 423 g/mol. The van der Waals surface area contributed by atoms with Crippen LogP contribution < -0.4 is 10.6 Å². The van der Waals surface area contributed by atoms with Crippen molar-refractivity contribution in [3.05, 3.63) is 23.2 Å². The van der Waals surface area contributed by atoms with E-state index < -0.39 is 0 Å². The number of aromatic nitrogens is 2. The molecule has 8 nitrogen and oxygen atoms in total. The molecule has 0 saturated carbocycles. The van der Waals surface area contributed by atoms with Crippen LogP contribution in [0.3, 0.4) is 0 Å². The second-order valence-corrected chi connectivity index (χ2v) is 8.48. The largest absolute Gasteiger partial charge is 0.325 e.